The van der Waals surface area contributed by atoms with Gasteiger partial charge in [0.1, 0.15) is 10.7 Å². The van der Waals surface area contributed by atoms with Crippen LogP contribution in [0, 0.1) is 10.1 Å². The summed E-state index contributed by atoms with van der Waals surface area (Å²) in [6.07, 6.45) is 4.60. The van der Waals surface area contributed by atoms with Crippen molar-refractivity contribution in [1.29, 1.82) is 0 Å². The molecule has 0 bridgehead atoms. The number of fused-ring (bicyclic) bond motifs is 1. The van der Waals surface area contributed by atoms with Crippen LogP contribution in [0.5, 0.6) is 0 Å². The van der Waals surface area contributed by atoms with E-state index in [0.717, 1.165) is 76.2 Å². The summed E-state index contributed by atoms with van der Waals surface area (Å²) in [5.74, 6) is -0.355. The molecule has 0 saturated carbocycles. The van der Waals surface area contributed by atoms with Crippen molar-refractivity contribution in [3.63, 3.8) is 0 Å². The van der Waals surface area contributed by atoms with Crippen LogP contribution < -0.4 is 11.0 Å². The molecule has 1 aliphatic heterocycles. The number of aromatic nitrogens is 2. The van der Waals surface area contributed by atoms with Crippen molar-refractivity contribution < 1.29 is 14.5 Å². The van der Waals surface area contributed by atoms with Gasteiger partial charge in [-0.2, -0.15) is 4.98 Å². The van der Waals surface area contributed by atoms with Crippen LogP contribution in [0.3, 0.4) is 0 Å². The molecule has 1 amide bonds. The zero-order valence-electron chi connectivity index (χ0n) is 19.0. The lowest BCUT2D eigenvalue weighted by Crippen LogP contribution is -2.38. The fraction of sp³-hybridized carbons (Fsp3) is 0.522. The largest absolute Gasteiger partial charge is 0.379 e. The zero-order valence-corrected chi connectivity index (χ0v) is 19.8. The molecule has 2 aliphatic rings. The summed E-state index contributed by atoms with van der Waals surface area (Å²) >= 11 is 1.22. The number of amides is 1. The molecule has 1 saturated heterocycles. The number of morpholine rings is 1. The van der Waals surface area contributed by atoms with Crippen LogP contribution in [0.1, 0.15) is 30.5 Å². The van der Waals surface area contributed by atoms with E-state index in [0.29, 0.717) is 11.6 Å². The predicted octanol–water partition coefficient (Wildman–Crippen LogP) is 2.48. The van der Waals surface area contributed by atoms with Crippen molar-refractivity contribution >= 4 is 29.0 Å². The van der Waals surface area contributed by atoms with Gasteiger partial charge >= 0.3 is 5.69 Å². The molecule has 1 aromatic carbocycles. The maximum atomic E-state index is 12.9. The first-order chi connectivity index (χ1) is 16.5. The summed E-state index contributed by atoms with van der Waals surface area (Å²) in [5.41, 5.74) is 1.82. The van der Waals surface area contributed by atoms with Gasteiger partial charge < -0.3 is 10.1 Å². The Morgan fingerprint density at radius 3 is 2.74 bits per heavy atom. The van der Waals surface area contributed by atoms with Crippen LogP contribution in [-0.2, 0) is 28.9 Å². The van der Waals surface area contributed by atoms with Gasteiger partial charge in [-0.25, -0.2) is 4.79 Å². The van der Waals surface area contributed by atoms with Gasteiger partial charge in [-0.1, -0.05) is 23.9 Å². The number of para-hydroxylation sites is 2. The summed E-state index contributed by atoms with van der Waals surface area (Å²) in [4.78, 5) is 42.7. The zero-order chi connectivity index (χ0) is 23.9. The van der Waals surface area contributed by atoms with Crippen LogP contribution in [0.2, 0.25) is 0 Å². The first-order valence-electron chi connectivity index (χ1n) is 11.6. The number of hydrogen-bond acceptors (Lipinski definition) is 8. The molecule has 1 N–H and O–H groups in total. The molecule has 0 unspecified atom stereocenters. The van der Waals surface area contributed by atoms with Crippen molar-refractivity contribution in [3.8, 4) is 0 Å². The maximum Gasteiger partial charge on any atom is 0.348 e. The van der Waals surface area contributed by atoms with E-state index in [2.05, 4.69) is 15.2 Å². The first-order valence-corrected chi connectivity index (χ1v) is 12.6. The Kier molecular flexibility index (Phi) is 8.30. The van der Waals surface area contributed by atoms with Crippen LogP contribution in [-0.4, -0.2) is 63.9 Å². The van der Waals surface area contributed by atoms with Crippen LogP contribution in [0.4, 0.5) is 11.4 Å². The molecule has 2 heterocycles. The van der Waals surface area contributed by atoms with Crippen molar-refractivity contribution in [1.82, 2.24) is 14.5 Å². The van der Waals surface area contributed by atoms with Crippen LogP contribution in [0.25, 0.3) is 0 Å². The van der Waals surface area contributed by atoms with E-state index in [1.54, 1.807) is 12.1 Å². The van der Waals surface area contributed by atoms with E-state index >= 15 is 0 Å². The number of anilines is 1. The minimum Gasteiger partial charge on any atom is -0.379 e. The standard InChI is InChI=1S/C23H29N5O5S/c29-21(24-18-7-2-4-9-20(18)28(31)32)16-34-22-17-6-1-3-8-19(17)27(23(30)25-22)11-5-10-26-12-14-33-15-13-26/h2,4,7,9H,1,3,5-6,8,10-16H2,(H,24,29). The molecule has 182 valence electrons. The molecule has 34 heavy (non-hydrogen) atoms. The highest BCUT2D eigenvalue weighted by atomic mass is 32.2. The van der Waals surface area contributed by atoms with Crippen molar-refractivity contribution in [2.45, 2.75) is 43.7 Å². The lowest BCUT2D eigenvalue weighted by atomic mass is 9.97. The van der Waals surface area contributed by atoms with Crippen molar-refractivity contribution in [2.24, 2.45) is 0 Å². The summed E-state index contributed by atoms with van der Waals surface area (Å²) in [6.45, 7) is 4.92. The Morgan fingerprint density at radius 1 is 1.18 bits per heavy atom. The SMILES string of the molecule is O=C(CSc1nc(=O)n(CCCN2CCOCC2)c2c1CCCC2)Nc1ccccc1[N+](=O)[O-]. The summed E-state index contributed by atoms with van der Waals surface area (Å²) in [5, 5.41) is 14.4. The number of nitro benzene ring substituents is 1. The van der Waals surface area contributed by atoms with Gasteiger partial charge in [0.15, 0.2) is 0 Å². The molecule has 0 atom stereocenters. The molecule has 0 spiro atoms. The van der Waals surface area contributed by atoms with Crippen molar-refractivity contribution in [3.05, 3.63) is 56.1 Å². The molecule has 11 heteroatoms. The van der Waals surface area contributed by atoms with Gasteiger partial charge in [0.2, 0.25) is 5.91 Å². The highest BCUT2D eigenvalue weighted by molar-refractivity contribution is 8.00. The number of hydrogen-bond donors (Lipinski definition) is 1. The number of thioether (sulfide) groups is 1. The monoisotopic (exact) mass is 487 g/mol. The second kappa shape index (κ2) is 11.6. The Morgan fingerprint density at radius 2 is 1.94 bits per heavy atom. The number of ether oxygens (including phenoxy) is 1. The number of nitro groups is 1. The summed E-state index contributed by atoms with van der Waals surface area (Å²) in [7, 11) is 0. The first kappa shape index (κ1) is 24.4. The van der Waals surface area contributed by atoms with Crippen molar-refractivity contribution in [2.75, 3.05) is 43.9 Å². The number of benzene rings is 1. The van der Waals surface area contributed by atoms with Gasteiger partial charge in [0.25, 0.3) is 5.69 Å². The van der Waals surface area contributed by atoms with E-state index in [-0.39, 0.29) is 28.7 Å². The topological polar surface area (TPSA) is 120 Å². The van der Waals surface area contributed by atoms with Gasteiger partial charge in [0, 0.05) is 43.5 Å². The lowest BCUT2D eigenvalue weighted by Gasteiger charge is -2.27. The van der Waals surface area contributed by atoms with Crippen LogP contribution in [0.15, 0.2) is 34.1 Å². The van der Waals surface area contributed by atoms with Gasteiger partial charge in [0.05, 0.1) is 23.9 Å². The highest BCUT2D eigenvalue weighted by Gasteiger charge is 2.22. The lowest BCUT2D eigenvalue weighted by molar-refractivity contribution is -0.383. The molecule has 4 rings (SSSR count). The molecule has 2 aromatic rings. The average Bonchev–Trinajstić information content (AvgIpc) is 2.85. The summed E-state index contributed by atoms with van der Waals surface area (Å²) < 4.78 is 7.20. The number of carbonyl (C=O) groups excluding carboxylic acids is 1. The third kappa shape index (κ3) is 6.02. The van der Waals surface area contributed by atoms with E-state index in [1.807, 2.05) is 4.57 Å². The Balaban J connectivity index is 1.42. The third-order valence-corrected chi connectivity index (χ3v) is 7.14. The fourth-order valence-electron chi connectivity index (χ4n) is 4.43. The smallest absolute Gasteiger partial charge is 0.348 e. The van der Waals surface area contributed by atoms with Crippen LogP contribution >= 0.6 is 11.8 Å². The molecule has 1 aliphatic carbocycles. The average molecular weight is 488 g/mol. The quantitative estimate of drug-likeness (QED) is 0.248. The van der Waals surface area contributed by atoms with E-state index < -0.39 is 4.92 Å². The van der Waals surface area contributed by atoms with Gasteiger partial charge in [-0.05, 0) is 38.2 Å². The van der Waals surface area contributed by atoms with E-state index in [1.165, 1.54) is 23.9 Å². The highest BCUT2D eigenvalue weighted by Crippen LogP contribution is 2.29. The number of rotatable bonds is 9. The van der Waals surface area contributed by atoms with E-state index in [4.69, 9.17) is 4.74 Å². The predicted molar refractivity (Wildman–Crippen MR) is 129 cm³/mol. The second-order valence-corrected chi connectivity index (χ2v) is 9.37. The Bertz CT molecular complexity index is 1100. The summed E-state index contributed by atoms with van der Waals surface area (Å²) in [6, 6.07) is 6.03. The molecular weight excluding hydrogens is 458 g/mol. The molecule has 0 radical (unpaired) electrons. The number of nitrogens with one attached hydrogen (secondary N) is 1. The Hall–Kier alpha value is -2.76. The van der Waals surface area contributed by atoms with E-state index in [9.17, 15) is 19.7 Å². The minimum absolute atomic E-state index is 0.0198. The minimum atomic E-state index is -0.528. The Labute approximate surface area is 201 Å². The maximum absolute atomic E-state index is 12.9. The number of nitrogens with zero attached hydrogens (tertiary/aromatic N) is 4. The normalized spacial score (nSPS) is 16.1. The molecular formula is C23H29N5O5S. The fourth-order valence-corrected chi connectivity index (χ4v) is 5.31. The third-order valence-electron chi connectivity index (χ3n) is 6.13. The number of carbonyl (C=O) groups is 1. The molecule has 1 aromatic heterocycles. The molecule has 10 nitrogen and oxygen atoms in total. The molecule has 1 fully saturated rings. The second-order valence-electron chi connectivity index (χ2n) is 8.40. The van der Waals surface area contributed by atoms with Gasteiger partial charge in [-0.15, -0.1) is 0 Å². The van der Waals surface area contributed by atoms with Gasteiger partial charge in [-0.3, -0.25) is 24.4 Å².